The van der Waals surface area contributed by atoms with Crippen molar-refractivity contribution in [3.8, 4) is 0 Å². The van der Waals surface area contributed by atoms with Crippen molar-refractivity contribution in [1.29, 1.82) is 0 Å². The van der Waals surface area contributed by atoms with Gasteiger partial charge >= 0.3 is 0 Å². The van der Waals surface area contributed by atoms with E-state index < -0.39 is 0 Å². The van der Waals surface area contributed by atoms with Crippen LogP contribution in [0, 0.1) is 5.41 Å². The summed E-state index contributed by atoms with van der Waals surface area (Å²) in [5.41, 5.74) is 5.58. The molecule has 0 spiro atoms. The normalized spacial score (nSPS) is 29.7. The maximum Gasteiger partial charge on any atom is 0.230 e. The predicted octanol–water partition coefficient (Wildman–Crippen LogP) is 1.08. The largest absolute Gasteiger partial charge is 0.338 e. The van der Waals surface area contributed by atoms with E-state index >= 15 is 0 Å². The van der Waals surface area contributed by atoms with E-state index in [2.05, 4.69) is 11.8 Å². The van der Waals surface area contributed by atoms with Crippen LogP contribution in [0.5, 0.6) is 0 Å². The van der Waals surface area contributed by atoms with E-state index in [-0.39, 0.29) is 5.41 Å². The lowest BCUT2D eigenvalue weighted by Gasteiger charge is -2.45. The van der Waals surface area contributed by atoms with Crippen molar-refractivity contribution in [1.82, 2.24) is 4.90 Å². The van der Waals surface area contributed by atoms with Crippen LogP contribution in [-0.2, 0) is 4.79 Å². The van der Waals surface area contributed by atoms with Gasteiger partial charge in [0.1, 0.15) is 0 Å². The van der Waals surface area contributed by atoms with Crippen LogP contribution in [-0.4, -0.2) is 41.4 Å². The summed E-state index contributed by atoms with van der Waals surface area (Å²) in [5.74, 6) is 2.48. The van der Waals surface area contributed by atoms with Crippen molar-refractivity contribution in [3.63, 3.8) is 0 Å². The van der Waals surface area contributed by atoms with Crippen LogP contribution < -0.4 is 5.73 Å². The standard InChI is InChI=1S/C11H20N2OS/c1-9-7-15-6-5-13(9)10(14)11(8-12)3-2-4-11/h9H,2-8,12H2,1H3. The van der Waals surface area contributed by atoms with Crippen LogP contribution in [0.3, 0.4) is 0 Å². The Morgan fingerprint density at radius 3 is 2.80 bits per heavy atom. The van der Waals surface area contributed by atoms with Gasteiger partial charge in [0, 0.05) is 30.6 Å². The van der Waals surface area contributed by atoms with E-state index in [1.807, 2.05) is 11.8 Å². The first-order valence-corrected chi connectivity index (χ1v) is 6.94. The molecule has 0 bridgehead atoms. The molecule has 1 unspecified atom stereocenters. The minimum atomic E-state index is -0.184. The molecule has 0 aromatic rings. The van der Waals surface area contributed by atoms with E-state index in [4.69, 9.17) is 5.73 Å². The molecule has 1 atom stereocenters. The van der Waals surface area contributed by atoms with Gasteiger partial charge in [-0.15, -0.1) is 0 Å². The fraction of sp³-hybridized carbons (Fsp3) is 0.909. The Labute approximate surface area is 95.8 Å². The zero-order chi connectivity index (χ0) is 10.9. The second-order valence-electron chi connectivity index (χ2n) is 4.76. The van der Waals surface area contributed by atoms with Crippen molar-refractivity contribution < 1.29 is 4.79 Å². The smallest absolute Gasteiger partial charge is 0.230 e. The molecule has 2 rings (SSSR count). The first-order valence-electron chi connectivity index (χ1n) is 5.78. The highest BCUT2D eigenvalue weighted by Gasteiger charge is 2.46. The van der Waals surface area contributed by atoms with Gasteiger partial charge in [-0.3, -0.25) is 4.79 Å². The first kappa shape index (κ1) is 11.3. The molecule has 0 aromatic carbocycles. The quantitative estimate of drug-likeness (QED) is 0.769. The van der Waals surface area contributed by atoms with Gasteiger partial charge in [0.25, 0.3) is 0 Å². The third-order valence-corrected chi connectivity index (χ3v) is 4.97. The highest BCUT2D eigenvalue weighted by molar-refractivity contribution is 7.99. The summed E-state index contributed by atoms with van der Waals surface area (Å²) in [4.78, 5) is 14.4. The molecule has 1 saturated carbocycles. The van der Waals surface area contributed by atoms with Crippen LogP contribution in [0.4, 0.5) is 0 Å². The highest BCUT2D eigenvalue weighted by Crippen LogP contribution is 2.42. The maximum absolute atomic E-state index is 12.4. The van der Waals surface area contributed by atoms with Gasteiger partial charge in [-0.05, 0) is 19.8 Å². The number of rotatable bonds is 2. The van der Waals surface area contributed by atoms with E-state index in [9.17, 15) is 4.79 Å². The van der Waals surface area contributed by atoms with E-state index in [0.29, 0.717) is 18.5 Å². The van der Waals surface area contributed by atoms with E-state index in [1.54, 1.807) is 0 Å². The zero-order valence-electron chi connectivity index (χ0n) is 9.37. The van der Waals surface area contributed by atoms with Gasteiger partial charge in [-0.2, -0.15) is 11.8 Å². The molecule has 4 heteroatoms. The lowest BCUT2D eigenvalue weighted by atomic mass is 9.67. The average molecular weight is 228 g/mol. The molecular formula is C11H20N2OS. The Balaban J connectivity index is 2.05. The van der Waals surface area contributed by atoms with Crippen LogP contribution >= 0.6 is 11.8 Å². The minimum absolute atomic E-state index is 0.184. The minimum Gasteiger partial charge on any atom is -0.338 e. The van der Waals surface area contributed by atoms with Gasteiger partial charge in [-0.25, -0.2) is 0 Å². The fourth-order valence-corrected chi connectivity index (χ4v) is 3.46. The molecule has 2 fully saturated rings. The van der Waals surface area contributed by atoms with Crippen LogP contribution in [0.15, 0.2) is 0 Å². The topological polar surface area (TPSA) is 46.3 Å². The van der Waals surface area contributed by atoms with Gasteiger partial charge in [-0.1, -0.05) is 6.42 Å². The van der Waals surface area contributed by atoms with Crippen molar-refractivity contribution >= 4 is 17.7 Å². The number of amides is 1. The summed E-state index contributed by atoms with van der Waals surface area (Å²) in [6.45, 7) is 3.58. The summed E-state index contributed by atoms with van der Waals surface area (Å²) in [7, 11) is 0. The van der Waals surface area contributed by atoms with Crippen LogP contribution in [0.1, 0.15) is 26.2 Å². The van der Waals surface area contributed by atoms with E-state index in [1.165, 1.54) is 6.42 Å². The third-order valence-electron chi connectivity index (χ3n) is 3.78. The molecule has 0 radical (unpaired) electrons. The van der Waals surface area contributed by atoms with Crippen LogP contribution in [0.2, 0.25) is 0 Å². The second kappa shape index (κ2) is 4.34. The molecule has 1 aliphatic carbocycles. The molecule has 86 valence electrons. The van der Waals surface area contributed by atoms with E-state index in [0.717, 1.165) is 30.9 Å². The first-order chi connectivity index (χ1) is 7.19. The second-order valence-corrected chi connectivity index (χ2v) is 5.91. The van der Waals surface area contributed by atoms with Crippen LogP contribution in [0.25, 0.3) is 0 Å². The zero-order valence-corrected chi connectivity index (χ0v) is 10.2. The number of nitrogens with two attached hydrogens (primary N) is 1. The van der Waals surface area contributed by atoms with Gasteiger partial charge in [0.2, 0.25) is 5.91 Å². The Hall–Kier alpha value is -0.220. The Bertz CT molecular complexity index is 247. The molecule has 1 saturated heterocycles. The highest BCUT2D eigenvalue weighted by atomic mass is 32.2. The molecule has 15 heavy (non-hydrogen) atoms. The molecule has 1 amide bonds. The predicted molar refractivity (Wildman–Crippen MR) is 63.8 cm³/mol. The number of nitrogens with zero attached hydrogens (tertiary/aromatic N) is 1. The monoisotopic (exact) mass is 228 g/mol. The molecule has 0 aromatic heterocycles. The lowest BCUT2D eigenvalue weighted by Crippen LogP contribution is -2.56. The lowest BCUT2D eigenvalue weighted by molar-refractivity contribution is -0.148. The SMILES string of the molecule is CC1CSCCN1C(=O)C1(CN)CCC1. The summed E-state index contributed by atoms with van der Waals surface area (Å²) >= 11 is 1.94. The number of hydrogen-bond acceptors (Lipinski definition) is 3. The third kappa shape index (κ3) is 1.89. The Kier molecular flexibility index (Phi) is 3.26. The van der Waals surface area contributed by atoms with Crippen molar-refractivity contribution in [2.75, 3.05) is 24.6 Å². The van der Waals surface area contributed by atoms with Gasteiger partial charge in [0.15, 0.2) is 0 Å². The van der Waals surface area contributed by atoms with Crippen molar-refractivity contribution in [2.24, 2.45) is 11.1 Å². The average Bonchev–Trinajstić information content (AvgIpc) is 2.17. The molecule has 2 N–H and O–H groups in total. The number of thioether (sulfide) groups is 1. The molecule has 3 nitrogen and oxygen atoms in total. The Morgan fingerprint density at radius 1 is 1.60 bits per heavy atom. The molecule has 1 heterocycles. The van der Waals surface area contributed by atoms with Gasteiger partial charge < -0.3 is 10.6 Å². The Morgan fingerprint density at radius 2 is 2.33 bits per heavy atom. The maximum atomic E-state index is 12.4. The van der Waals surface area contributed by atoms with Crippen molar-refractivity contribution in [2.45, 2.75) is 32.2 Å². The summed E-state index contributed by atoms with van der Waals surface area (Å²) < 4.78 is 0. The summed E-state index contributed by atoms with van der Waals surface area (Å²) in [5, 5.41) is 0. The number of carbonyl (C=O) groups is 1. The number of carbonyl (C=O) groups excluding carboxylic acids is 1. The fourth-order valence-electron chi connectivity index (χ4n) is 2.44. The molecule has 2 aliphatic rings. The van der Waals surface area contributed by atoms with Gasteiger partial charge in [0.05, 0.1) is 5.41 Å². The summed E-state index contributed by atoms with van der Waals surface area (Å²) in [6, 6.07) is 0.389. The number of hydrogen-bond donors (Lipinski definition) is 1. The molecule has 1 aliphatic heterocycles. The molecular weight excluding hydrogens is 208 g/mol. The van der Waals surface area contributed by atoms with Crippen molar-refractivity contribution in [3.05, 3.63) is 0 Å². The summed E-state index contributed by atoms with van der Waals surface area (Å²) in [6.07, 6.45) is 3.16.